The van der Waals surface area contributed by atoms with Gasteiger partial charge < -0.3 is 15.7 Å². The van der Waals surface area contributed by atoms with Gasteiger partial charge in [0.05, 0.1) is 11.0 Å². The van der Waals surface area contributed by atoms with E-state index in [2.05, 4.69) is 16.0 Å². The van der Waals surface area contributed by atoms with Crippen LogP contribution in [-0.4, -0.2) is 9.97 Å². The molecule has 1 aromatic carbocycles. The lowest BCUT2D eigenvalue weighted by Crippen LogP contribution is -2.22. The van der Waals surface area contributed by atoms with Crippen LogP contribution in [0, 0.1) is 5.92 Å². The van der Waals surface area contributed by atoms with E-state index >= 15 is 0 Å². The molecule has 4 heteroatoms. The van der Waals surface area contributed by atoms with Crippen molar-refractivity contribution in [3.05, 3.63) is 34.2 Å². The van der Waals surface area contributed by atoms with Crippen LogP contribution < -0.4 is 11.4 Å². The average Bonchev–Trinajstić information content (AvgIpc) is 2.76. The van der Waals surface area contributed by atoms with Gasteiger partial charge in [-0.15, -0.1) is 0 Å². The summed E-state index contributed by atoms with van der Waals surface area (Å²) in [5.41, 5.74) is 9.17. The molecule has 1 atom stereocenters. The van der Waals surface area contributed by atoms with Gasteiger partial charge in [0.1, 0.15) is 0 Å². The van der Waals surface area contributed by atoms with Crippen molar-refractivity contribution in [2.24, 2.45) is 11.7 Å². The van der Waals surface area contributed by atoms with Crippen molar-refractivity contribution < 1.29 is 0 Å². The van der Waals surface area contributed by atoms with E-state index in [9.17, 15) is 4.79 Å². The number of benzene rings is 1. The van der Waals surface area contributed by atoms with Crippen LogP contribution in [0.15, 0.2) is 23.0 Å². The molecule has 0 aliphatic heterocycles. The van der Waals surface area contributed by atoms with Gasteiger partial charge in [-0.3, -0.25) is 0 Å². The first kappa shape index (κ1) is 13.4. The minimum absolute atomic E-state index is 0.0795. The molecule has 0 saturated heterocycles. The molecule has 1 fully saturated rings. The summed E-state index contributed by atoms with van der Waals surface area (Å²) in [6.45, 7) is 0. The minimum Gasteiger partial charge on any atom is -0.324 e. The number of imidazole rings is 1. The van der Waals surface area contributed by atoms with Gasteiger partial charge in [0.25, 0.3) is 0 Å². The van der Waals surface area contributed by atoms with Crippen LogP contribution in [0.3, 0.4) is 0 Å². The highest BCUT2D eigenvalue weighted by Crippen LogP contribution is 2.32. The quantitative estimate of drug-likeness (QED) is 0.786. The summed E-state index contributed by atoms with van der Waals surface area (Å²) in [5.74, 6) is 0.568. The third-order valence-electron chi connectivity index (χ3n) is 4.58. The van der Waals surface area contributed by atoms with Gasteiger partial charge in [0.2, 0.25) is 0 Å². The number of nitrogens with one attached hydrogen (secondary N) is 2. The van der Waals surface area contributed by atoms with Gasteiger partial charge in [-0.25, -0.2) is 4.79 Å². The Balaban J connectivity index is 1.82. The predicted octanol–water partition coefficient (Wildman–Crippen LogP) is 3.22. The van der Waals surface area contributed by atoms with E-state index in [0.717, 1.165) is 16.6 Å². The highest BCUT2D eigenvalue weighted by atomic mass is 16.1. The molecule has 0 spiro atoms. The highest BCUT2D eigenvalue weighted by Gasteiger charge is 2.20. The maximum Gasteiger partial charge on any atom is 0.323 e. The lowest BCUT2D eigenvalue weighted by Gasteiger charge is -2.26. The van der Waals surface area contributed by atoms with Gasteiger partial charge in [-0.05, 0) is 36.5 Å². The summed E-state index contributed by atoms with van der Waals surface area (Å²) in [7, 11) is 0. The van der Waals surface area contributed by atoms with Crippen LogP contribution in [0.2, 0.25) is 0 Å². The van der Waals surface area contributed by atoms with E-state index in [0.29, 0.717) is 5.92 Å². The van der Waals surface area contributed by atoms with Crippen molar-refractivity contribution in [3.63, 3.8) is 0 Å². The standard InChI is InChI=1S/C16H23N3O/c17-15(11-6-4-2-1-3-5-7-11)12-8-9-13-14(10-12)19-16(20)18-13/h8-11,15H,1-7,17H2,(H2,18,19,20). The number of hydrogen-bond acceptors (Lipinski definition) is 2. The van der Waals surface area contributed by atoms with Crippen molar-refractivity contribution in [1.82, 2.24) is 9.97 Å². The van der Waals surface area contributed by atoms with Crippen LogP contribution in [0.4, 0.5) is 0 Å². The first-order chi connectivity index (χ1) is 9.74. The molecule has 4 nitrogen and oxygen atoms in total. The number of nitrogens with two attached hydrogens (primary N) is 1. The number of rotatable bonds is 2. The topological polar surface area (TPSA) is 74.7 Å². The molecule has 1 aromatic heterocycles. The third kappa shape index (κ3) is 2.80. The van der Waals surface area contributed by atoms with E-state index in [1.807, 2.05) is 12.1 Å². The summed E-state index contributed by atoms with van der Waals surface area (Å²) >= 11 is 0. The molecule has 0 radical (unpaired) electrons. The highest BCUT2D eigenvalue weighted by molar-refractivity contribution is 5.75. The fourth-order valence-electron chi connectivity index (χ4n) is 3.38. The summed E-state index contributed by atoms with van der Waals surface area (Å²) < 4.78 is 0. The van der Waals surface area contributed by atoms with Gasteiger partial charge in [-0.2, -0.15) is 0 Å². The third-order valence-corrected chi connectivity index (χ3v) is 4.58. The Labute approximate surface area is 118 Å². The summed E-state index contributed by atoms with van der Waals surface area (Å²) in [5, 5.41) is 0. The Hall–Kier alpha value is -1.55. The number of aromatic nitrogens is 2. The Morgan fingerprint density at radius 1 is 1.00 bits per heavy atom. The second kappa shape index (κ2) is 5.83. The fraction of sp³-hybridized carbons (Fsp3) is 0.562. The molecule has 1 saturated carbocycles. The molecule has 1 aliphatic rings. The van der Waals surface area contributed by atoms with Crippen LogP contribution in [0.5, 0.6) is 0 Å². The summed E-state index contributed by atoms with van der Waals surface area (Å²) in [6.07, 6.45) is 9.09. The monoisotopic (exact) mass is 273 g/mol. The van der Waals surface area contributed by atoms with Crippen molar-refractivity contribution in [1.29, 1.82) is 0 Å². The molecule has 20 heavy (non-hydrogen) atoms. The maximum atomic E-state index is 11.3. The first-order valence-corrected chi connectivity index (χ1v) is 7.71. The predicted molar refractivity (Wildman–Crippen MR) is 81.7 cm³/mol. The molecule has 2 aromatic rings. The Bertz CT molecular complexity index is 620. The molecule has 4 N–H and O–H groups in total. The smallest absolute Gasteiger partial charge is 0.323 e. The zero-order valence-corrected chi connectivity index (χ0v) is 11.8. The Kier molecular flexibility index (Phi) is 3.92. The van der Waals surface area contributed by atoms with E-state index in [1.165, 1.54) is 44.9 Å². The van der Waals surface area contributed by atoms with Crippen molar-refractivity contribution in [2.45, 2.75) is 51.0 Å². The lowest BCUT2D eigenvalue weighted by molar-refractivity contribution is 0.327. The maximum absolute atomic E-state index is 11.3. The molecular weight excluding hydrogens is 250 g/mol. The van der Waals surface area contributed by atoms with Crippen molar-refractivity contribution >= 4 is 11.0 Å². The van der Waals surface area contributed by atoms with Crippen molar-refractivity contribution in [2.75, 3.05) is 0 Å². The average molecular weight is 273 g/mol. The fourth-order valence-corrected chi connectivity index (χ4v) is 3.38. The van der Waals surface area contributed by atoms with E-state index in [4.69, 9.17) is 5.73 Å². The van der Waals surface area contributed by atoms with Crippen LogP contribution in [-0.2, 0) is 0 Å². The molecule has 1 heterocycles. The lowest BCUT2D eigenvalue weighted by atomic mass is 9.83. The first-order valence-electron chi connectivity index (χ1n) is 7.71. The Morgan fingerprint density at radius 3 is 2.40 bits per heavy atom. The molecule has 3 rings (SSSR count). The van der Waals surface area contributed by atoms with Crippen LogP contribution in [0.25, 0.3) is 11.0 Å². The second-order valence-electron chi connectivity index (χ2n) is 6.02. The molecule has 0 amide bonds. The number of fused-ring (bicyclic) bond motifs is 1. The summed E-state index contributed by atoms with van der Waals surface area (Å²) in [6, 6.07) is 6.10. The van der Waals surface area contributed by atoms with Crippen LogP contribution in [0.1, 0.15) is 56.6 Å². The zero-order valence-electron chi connectivity index (χ0n) is 11.8. The SMILES string of the molecule is NC(c1ccc2[nH]c(=O)[nH]c2c1)C1CCCCCCC1. The van der Waals surface area contributed by atoms with Crippen LogP contribution >= 0.6 is 0 Å². The molecule has 0 bridgehead atoms. The largest absolute Gasteiger partial charge is 0.324 e. The van der Waals surface area contributed by atoms with Gasteiger partial charge in [0.15, 0.2) is 0 Å². The zero-order chi connectivity index (χ0) is 13.9. The van der Waals surface area contributed by atoms with Gasteiger partial charge in [-0.1, -0.05) is 38.2 Å². The molecule has 1 aliphatic carbocycles. The summed E-state index contributed by atoms with van der Waals surface area (Å²) in [4.78, 5) is 16.9. The van der Waals surface area contributed by atoms with Gasteiger partial charge >= 0.3 is 5.69 Å². The molecule has 1 unspecified atom stereocenters. The Morgan fingerprint density at radius 2 is 1.65 bits per heavy atom. The number of H-pyrrole nitrogens is 2. The number of aromatic amines is 2. The minimum atomic E-state index is -0.156. The second-order valence-corrected chi connectivity index (χ2v) is 6.02. The number of hydrogen-bond donors (Lipinski definition) is 3. The van der Waals surface area contributed by atoms with E-state index in [1.54, 1.807) is 0 Å². The normalized spacial score (nSPS) is 19.6. The van der Waals surface area contributed by atoms with Crippen molar-refractivity contribution in [3.8, 4) is 0 Å². The molecule has 108 valence electrons. The van der Waals surface area contributed by atoms with Gasteiger partial charge in [0, 0.05) is 6.04 Å². The van der Waals surface area contributed by atoms with E-state index < -0.39 is 0 Å². The molecular formula is C16H23N3O. The van der Waals surface area contributed by atoms with E-state index in [-0.39, 0.29) is 11.7 Å².